The van der Waals surface area contributed by atoms with Crippen molar-refractivity contribution in [3.8, 4) is 0 Å². The van der Waals surface area contributed by atoms with Gasteiger partial charge in [-0.15, -0.1) is 0 Å². The first-order valence-corrected chi connectivity index (χ1v) is 7.49. The number of carbonyl (C=O) groups is 1. The molecule has 1 aliphatic rings. The number of hydrogen-bond donors (Lipinski definition) is 1. The highest BCUT2D eigenvalue weighted by Crippen LogP contribution is 2.47. The van der Waals surface area contributed by atoms with E-state index < -0.39 is 0 Å². The lowest BCUT2D eigenvalue weighted by molar-refractivity contribution is -0.123. The second-order valence-electron chi connectivity index (χ2n) is 5.48. The average Bonchev–Trinajstić information content (AvgIpc) is 3.29. The van der Waals surface area contributed by atoms with E-state index in [1.165, 1.54) is 5.56 Å². The lowest BCUT2D eigenvalue weighted by Crippen LogP contribution is -2.28. The Labute approximate surface area is 129 Å². The van der Waals surface area contributed by atoms with E-state index in [2.05, 4.69) is 10.3 Å². The summed E-state index contributed by atoms with van der Waals surface area (Å²) in [5.41, 5.74) is 2.14. The Hall–Kier alpha value is -1.87. The zero-order chi connectivity index (χ0) is 14.8. The normalized spacial score (nSPS) is 21.6. The van der Waals surface area contributed by atoms with Crippen LogP contribution in [0.2, 0.25) is 5.02 Å². The molecule has 0 unspecified atom stereocenters. The Morgan fingerprint density at radius 3 is 2.71 bits per heavy atom. The van der Waals surface area contributed by atoms with Gasteiger partial charge in [-0.05, 0) is 48.6 Å². The largest absolute Gasteiger partial charge is 0.349 e. The molecular formula is C17H17ClN2O. The molecule has 3 rings (SSSR count). The van der Waals surface area contributed by atoms with Gasteiger partial charge in [0.25, 0.3) is 0 Å². The van der Waals surface area contributed by atoms with Gasteiger partial charge >= 0.3 is 0 Å². The van der Waals surface area contributed by atoms with Crippen molar-refractivity contribution in [1.29, 1.82) is 0 Å². The molecule has 1 aromatic carbocycles. The number of aromatic nitrogens is 1. The highest BCUT2D eigenvalue weighted by atomic mass is 35.5. The molecule has 21 heavy (non-hydrogen) atoms. The maximum atomic E-state index is 12.3. The van der Waals surface area contributed by atoms with Crippen molar-refractivity contribution in [3.05, 3.63) is 64.9 Å². The van der Waals surface area contributed by atoms with Gasteiger partial charge < -0.3 is 5.32 Å². The number of pyridine rings is 1. The van der Waals surface area contributed by atoms with E-state index in [0.29, 0.717) is 10.9 Å². The average molecular weight is 301 g/mol. The van der Waals surface area contributed by atoms with E-state index >= 15 is 0 Å². The van der Waals surface area contributed by atoms with Gasteiger partial charge in [-0.3, -0.25) is 9.78 Å². The summed E-state index contributed by atoms with van der Waals surface area (Å²) in [6.45, 7) is 1.96. The number of hydrogen-bond acceptors (Lipinski definition) is 2. The molecule has 1 fully saturated rings. The molecule has 108 valence electrons. The molecule has 2 aromatic rings. The number of carbonyl (C=O) groups excluding carboxylic acids is 1. The van der Waals surface area contributed by atoms with Crippen LogP contribution in [0.5, 0.6) is 0 Å². The van der Waals surface area contributed by atoms with Crippen LogP contribution in [0.3, 0.4) is 0 Å². The first kappa shape index (κ1) is 14.1. The number of rotatable bonds is 4. The number of benzene rings is 1. The summed E-state index contributed by atoms with van der Waals surface area (Å²) >= 11 is 6.16. The minimum Gasteiger partial charge on any atom is -0.349 e. The van der Waals surface area contributed by atoms with Crippen molar-refractivity contribution < 1.29 is 4.79 Å². The first-order valence-electron chi connectivity index (χ1n) is 7.11. The van der Waals surface area contributed by atoms with Gasteiger partial charge in [0.05, 0.1) is 6.04 Å². The van der Waals surface area contributed by atoms with Gasteiger partial charge in [0.2, 0.25) is 5.91 Å². The van der Waals surface area contributed by atoms with Crippen molar-refractivity contribution in [3.63, 3.8) is 0 Å². The smallest absolute Gasteiger partial charge is 0.224 e. The summed E-state index contributed by atoms with van der Waals surface area (Å²) in [6.07, 6.45) is 4.45. The van der Waals surface area contributed by atoms with Gasteiger partial charge in [0.1, 0.15) is 0 Å². The van der Waals surface area contributed by atoms with Crippen LogP contribution < -0.4 is 5.32 Å². The highest BCUT2D eigenvalue weighted by Gasteiger charge is 2.44. The summed E-state index contributed by atoms with van der Waals surface area (Å²) in [6, 6.07) is 11.5. The molecular weight excluding hydrogens is 284 g/mol. The Bertz CT molecular complexity index is 644. The molecule has 1 aliphatic carbocycles. The molecule has 0 radical (unpaired) electrons. The number of amides is 1. The van der Waals surface area contributed by atoms with E-state index in [1.54, 1.807) is 12.4 Å². The summed E-state index contributed by atoms with van der Waals surface area (Å²) in [4.78, 5) is 16.3. The quantitative estimate of drug-likeness (QED) is 0.935. The molecule has 0 saturated heterocycles. The number of halogens is 1. The Morgan fingerprint density at radius 1 is 1.29 bits per heavy atom. The minimum absolute atomic E-state index is 0.0670. The molecule has 0 spiro atoms. The Balaban J connectivity index is 1.62. The third kappa shape index (κ3) is 3.08. The summed E-state index contributed by atoms with van der Waals surface area (Å²) in [5.74, 6) is 0.494. The fraction of sp³-hybridized carbons (Fsp3) is 0.294. The molecule has 0 aliphatic heterocycles. The molecule has 1 aromatic heterocycles. The van der Waals surface area contributed by atoms with Crippen LogP contribution in [0.4, 0.5) is 0 Å². The SMILES string of the molecule is C[C@H](NC(=O)[C@H]1C[C@@H]1c1ccncc1)c1ccccc1Cl. The zero-order valence-electron chi connectivity index (χ0n) is 11.8. The topological polar surface area (TPSA) is 42.0 Å². The second kappa shape index (κ2) is 5.86. The maximum Gasteiger partial charge on any atom is 0.224 e. The van der Waals surface area contributed by atoms with Crippen molar-refractivity contribution in [2.45, 2.75) is 25.3 Å². The van der Waals surface area contributed by atoms with E-state index in [-0.39, 0.29) is 17.9 Å². The number of nitrogens with zero attached hydrogens (tertiary/aromatic N) is 1. The van der Waals surface area contributed by atoms with Gasteiger partial charge in [0.15, 0.2) is 0 Å². The van der Waals surface area contributed by atoms with Crippen LogP contribution in [0, 0.1) is 5.92 Å². The standard InChI is InChI=1S/C17H17ClN2O/c1-11(13-4-2-3-5-16(13)18)20-17(21)15-10-14(15)12-6-8-19-9-7-12/h2-9,11,14-15H,10H2,1H3,(H,20,21)/t11-,14+,15-/m0/s1. The van der Waals surface area contributed by atoms with Gasteiger partial charge in [0, 0.05) is 23.3 Å². The summed E-state index contributed by atoms with van der Waals surface area (Å²) in [7, 11) is 0. The van der Waals surface area contributed by atoms with Gasteiger partial charge in [-0.25, -0.2) is 0 Å². The Morgan fingerprint density at radius 2 is 2.00 bits per heavy atom. The lowest BCUT2D eigenvalue weighted by atomic mass is 10.1. The van der Waals surface area contributed by atoms with Crippen LogP contribution in [0.15, 0.2) is 48.8 Å². The minimum atomic E-state index is -0.0788. The van der Waals surface area contributed by atoms with Crippen LogP contribution in [0.25, 0.3) is 0 Å². The Kier molecular flexibility index (Phi) is 3.93. The molecule has 3 atom stereocenters. The van der Waals surface area contributed by atoms with Crippen LogP contribution in [-0.2, 0) is 4.79 Å². The van der Waals surface area contributed by atoms with E-state index in [1.807, 2.05) is 43.3 Å². The third-order valence-electron chi connectivity index (χ3n) is 3.99. The zero-order valence-corrected chi connectivity index (χ0v) is 12.5. The molecule has 4 heteroatoms. The van der Waals surface area contributed by atoms with Crippen molar-refractivity contribution >= 4 is 17.5 Å². The first-order chi connectivity index (χ1) is 10.2. The van der Waals surface area contributed by atoms with E-state index in [0.717, 1.165) is 12.0 Å². The molecule has 1 amide bonds. The van der Waals surface area contributed by atoms with Crippen molar-refractivity contribution in [2.75, 3.05) is 0 Å². The van der Waals surface area contributed by atoms with Gasteiger partial charge in [-0.1, -0.05) is 29.8 Å². The molecule has 1 N–H and O–H groups in total. The maximum absolute atomic E-state index is 12.3. The third-order valence-corrected chi connectivity index (χ3v) is 4.34. The van der Waals surface area contributed by atoms with Crippen molar-refractivity contribution in [1.82, 2.24) is 10.3 Å². The molecule has 3 nitrogen and oxygen atoms in total. The summed E-state index contributed by atoms with van der Waals surface area (Å²) in [5, 5.41) is 3.75. The summed E-state index contributed by atoms with van der Waals surface area (Å²) < 4.78 is 0. The van der Waals surface area contributed by atoms with E-state index in [9.17, 15) is 4.79 Å². The number of nitrogens with one attached hydrogen (secondary N) is 1. The fourth-order valence-corrected chi connectivity index (χ4v) is 2.99. The predicted octanol–water partition coefficient (Wildman–Crippen LogP) is 3.72. The molecule has 1 saturated carbocycles. The van der Waals surface area contributed by atoms with E-state index in [4.69, 9.17) is 11.6 Å². The fourth-order valence-electron chi connectivity index (χ4n) is 2.69. The highest BCUT2D eigenvalue weighted by molar-refractivity contribution is 6.31. The monoisotopic (exact) mass is 300 g/mol. The lowest BCUT2D eigenvalue weighted by Gasteiger charge is -2.15. The van der Waals surface area contributed by atoms with Crippen LogP contribution in [0.1, 0.15) is 36.4 Å². The molecule has 0 bridgehead atoms. The predicted molar refractivity (Wildman–Crippen MR) is 83.1 cm³/mol. The van der Waals surface area contributed by atoms with Gasteiger partial charge in [-0.2, -0.15) is 0 Å². The van der Waals surface area contributed by atoms with Crippen molar-refractivity contribution in [2.24, 2.45) is 5.92 Å². The van der Waals surface area contributed by atoms with Crippen LogP contribution in [-0.4, -0.2) is 10.9 Å². The second-order valence-corrected chi connectivity index (χ2v) is 5.89. The molecule has 1 heterocycles. The van der Waals surface area contributed by atoms with Crippen LogP contribution >= 0.6 is 11.6 Å².